The standard InChI is InChI=1S/C5H4N4O3.CHN.2ClH.Na.H/c10-3-1-2(7-4(11)6-1)8-5(12)9-3;1-2;;;;/h(H4,6,7,8,9,10,11,12);1H;2*1H;;/q;;;;+1;-1. The first-order chi connectivity index (χ1) is 6.66. The molecule has 0 spiro atoms. The largest absolute Gasteiger partial charge is 1.00 e. The molecule has 0 aliphatic heterocycles. The molecule has 2 aromatic heterocycles. The minimum Gasteiger partial charge on any atom is -1.00 e. The number of nitriles is 1. The van der Waals surface area contributed by atoms with Crippen molar-refractivity contribution in [3.8, 4) is 6.57 Å². The van der Waals surface area contributed by atoms with E-state index in [2.05, 4.69) is 21.5 Å². The molecule has 2 aromatic rings. The van der Waals surface area contributed by atoms with Gasteiger partial charge in [-0.15, -0.1) is 24.8 Å². The van der Waals surface area contributed by atoms with Crippen LogP contribution in [0.4, 0.5) is 0 Å². The summed E-state index contributed by atoms with van der Waals surface area (Å²) in [6.45, 7) is 3.50. The van der Waals surface area contributed by atoms with E-state index >= 15 is 0 Å². The van der Waals surface area contributed by atoms with Crippen LogP contribution in [0.15, 0.2) is 14.4 Å². The van der Waals surface area contributed by atoms with Crippen LogP contribution in [0.2, 0.25) is 0 Å². The molecule has 0 saturated carbocycles. The van der Waals surface area contributed by atoms with E-state index in [1.807, 2.05) is 4.98 Å². The van der Waals surface area contributed by atoms with Gasteiger partial charge in [-0.1, -0.05) is 0 Å². The SMILES string of the molecule is C#N.Cl.Cl.O=c1[nH]c(=O)c2[nH]c(=O)[nH]c2[nH]1.[H-].[Na+]. The number of nitrogens with one attached hydrogen (secondary N) is 4. The number of rotatable bonds is 0. The van der Waals surface area contributed by atoms with Crippen LogP contribution in [0.25, 0.3) is 11.2 Å². The Kier molecular flexibility index (Phi) is 11.4. The van der Waals surface area contributed by atoms with E-state index in [9.17, 15) is 14.4 Å². The second kappa shape index (κ2) is 9.09. The van der Waals surface area contributed by atoms with Crippen LogP contribution in [0.1, 0.15) is 1.43 Å². The molecule has 8 nitrogen and oxygen atoms in total. The topological polar surface area (TPSA) is 138 Å². The van der Waals surface area contributed by atoms with E-state index in [1.165, 1.54) is 0 Å². The Balaban J connectivity index is -0.000000156. The number of hydrogen-bond donors (Lipinski definition) is 4. The van der Waals surface area contributed by atoms with Crippen molar-refractivity contribution < 1.29 is 31.0 Å². The van der Waals surface area contributed by atoms with E-state index in [0.29, 0.717) is 0 Å². The van der Waals surface area contributed by atoms with Crippen molar-refractivity contribution in [3.63, 3.8) is 0 Å². The van der Waals surface area contributed by atoms with Crippen LogP contribution in [-0.2, 0) is 0 Å². The van der Waals surface area contributed by atoms with Crippen LogP contribution >= 0.6 is 24.8 Å². The minimum absolute atomic E-state index is 0. The first-order valence-corrected chi connectivity index (χ1v) is 3.37. The van der Waals surface area contributed by atoms with E-state index < -0.39 is 16.9 Å². The number of hydrogen-bond acceptors (Lipinski definition) is 4. The van der Waals surface area contributed by atoms with Crippen molar-refractivity contribution in [2.24, 2.45) is 0 Å². The summed E-state index contributed by atoms with van der Waals surface area (Å²) < 4.78 is 0. The van der Waals surface area contributed by atoms with E-state index in [1.54, 1.807) is 0 Å². The van der Waals surface area contributed by atoms with Crippen molar-refractivity contribution in [2.45, 2.75) is 0 Å². The van der Waals surface area contributed by atoms with Crippen LogP contribution in [0.5, 0.6) is 0 Å². The molecule has 2 heterocycles. The molecule has 0 bridgehead atoms. The first kappa shape index (κ1) is 21.3. The molecule has 0 saturated heterocycles. The number of aromatic nitrogens is 4. The van der Waals surface area contributed by atoms with Crippen molar-refractivity contribution in [3.05, 3.63) is 31.3 Å². The molecule has 2 rings (SSSR count). The molecule has 11 heteroatoms. The average molecular weight is 292 g/mol. The normalized spacial score (nSPS) is 7.65. The number of imidazole rings is 1. The summed E-state index contributed by atoms with van der Waals surface area (Å²) in [6.07, 6.45) is 0. The summed E-state index contributed by atoms with van der Waals surface area (Å²) in [5, 5.41) is 6.50. The van der Waals surface area contributed by atoms with Crippen molar-refractivity contribution in [1.82, 2.24) is 19.9 Å². The van der Waals surface area contributed by atoms with Gasteiger partial charge in [-0.25, -0.2) is 14.9 Å². The monoisotopic (exact) mass is 291 g/mol. The maximum atomic E-state index is 10.9. The number of H-pyrrole nitrogens is 4. The third-order valence-electron chi connectivity index (χ3n) is 1.42. The van der Waals surface area contributed by atoms with Gasteiger partial charge in [-0.2, -0.15) is 0 Å². The van der Waals surface area contributed by atoms with Gasteiger partial charge in [0.1, 0.15) is 11.2 Å². The molecule has 0 unspecified atom stereocenters. The van der Waals surface area contributed by atoms with Crippen molar-refractivity contribution in [2.75, 3.05) is 0 Å². The Hall–Kier alpha value is -0.980. The Bertz CT molecular complexity index is 644. The molecule has 0 atom stereocenters. The molecule has 0 aliphatic carbocycles. The van der Waals surface area contributed by atoms with Crippen molar-refractivity contribution in [1.29, 1.82) is 5.26 Å². The number of aromatic amines is 4. The summed E-state index contributed by atoms with van der Waals surface area (Å²) in [6, 6.07) is 0. The summed E-state index contributed by atoms with van der Waals surface area (Å²) >= 11 is 0. The van der Waals surface area contributed by atoms with Gasteiger partial charge in [0.25, 0.3) is 5.56 Å². The summed E-state index contributed by atoms with van der Waals surface area (Å²) in [7, 11) is 0. The van der Waals surface area contributed by atoms with Gasteiger partial charge in [0.2, 0.25) is 0 Å². The zero-order chi connectivity index (χ0) is 10.7. The fourth-order valence-corrected chi connectivity index (χ4v) is 0.958. The maximum Gasteiger partial charge on any atom is 1.00 e. The van der Waals surface area contributed by atoms with Crippen molar-refractivity contribution >= 4 is 36.0 Å². The Morgan fingerprint density at radius 1 is 0.882 bits per heavy atom. The molecule has 0 radical (unpaired) electrons. The van der Waals surface area contributed by atoms with E-state index in [0.717, 1.165) is 0 Å². The zero-order valence-electron chi connectivity index (χ0n) is 9.57. The van der Waals surface area contributed by atoms with Gasteiger partial charge < -0.3 is 1.43 Å². The predicted octanol–water partition coefficient (Wildman–Crippen LogP) is -3.67. The Morgan fingerprint density at radius 3 is 1.76 bits per heavy atom. The molecule has 4 N–H and O–H groups in total. The van der Waals surface area contributed by atoms with Gasteiger partial charge in [-0.3, -0.25) is 24.7 Å². The summed E-state index contributed by atoms with van der Waals surface area (Å²) in [5.41, 5.74) is -1.65. The average Bonchev–Trinajstić information content (AvgIpc) is 2.49. The Labute approximate surface area is 129 Å². The molecular formula is C6H8Cl2N5NaO3. The van der Waals surface area contributed by atoms with E-state index in [4.69, 9.17) is 5.26 Å². The summed E-state index contributed by atoms with van der Waals surface area (Å²) in [5.74, 6) is 0. The quantitative estimate of drug-likeness (QED) is 0.372. The van der Waals surface area contributed by atoms with Gasteiger partial charge in [-0.05, 0) is 0 Å². The smallest absolute Gasteiger partial charge is 1.00 e. The first-order valence-electron chi connectivity index (χ1n) is 3.37. The number of halogens is 2. The van der Waals surface area contributed by atoms with Gasteiger partial charge in [0, 0.05) is 6.57 Å². The minimum atomic E-state index is -0.650. The third kappa shape index (κ3) is 4.80. The van der Waals surface area contributed by atoms with E-state index in [-0.39, 0.29) is 67.0 Å². The molecule has 0 amide bonds. The number of fused-ring (bicyclic) bond motifs is 1. The molecule has 90 valence electrons. The van der Waals surface area contributed by atoms with Gasteiger partial charge in [0.15, 0.2) is 0 Å². The summed E-state index contributed by atoms with van der Waals surface area (Å²) in [4.78, 5) is 41.0. The fourth-order valence-electron chi connectivity index (χ4n) is 0.958. The molecular weight excluding hydrogens is 284 g/mol. The van der Waals surface area contributed by atoms with Crippen LogP contribution in [-0.4, -0.2) is 19.9 Å². The maximum absolute atomic E-state index is 10.9. The fraction of sp³-hybridized carbons (Fsp3) is 0. The Morgan fingerprint density at radius 2 is 1.29 bits per heavy atom. The molecule has 0 aliphatic rings. The molecule has 0 fully saturated rings. The number of nitrogens with zero attached hydrogens (tertiary/aromatic N) is 1. The second-order valence-corrected chi connectivity index (χ2v) is 2.24. The molecule has 17 heavy (non-hydrogen) atoms. The van der Waals surface area contributed by atoms with Crippen LogP contribution in [0, 0.1) is 11.8 Å². The predicted molar refractivity (Wildman–Crippen MR) is 62.4 cm³/mol. The van der Waals surface area contributed by atoms with Gasteiger partial charge >= 0.3 is 40.9 Å². The zero-order valence-corrected chi connectivity index (χ0v) is 12.2. The second-order valence-electron chi connectivity index (χ2n) is 2.24. The van der Waals surface area contributed by atoms with Gasteiger partial charge in [0.05, 0.1) is 0 Å². The van der Waals surface area contributed by atoms with Crippen LogP contribution < -0.4 is 46.5 Å². The third-order valence-corrected chi connectivity index (χ3v) is 1.42. The van der Waals surface area contributed by atoms with Crippen LogP contribution in [0.3, 0.4) is 0 Å². The molecule has 0 aromatic carbocycles.